The molecule has 0 unspecified atom stereocenters. The first-order chi connectivity index (χ1) is 15.0. The quantitative estimate of drug-likeness (QED) is 0.410. The van der Waals surface area contributed by atoms with Crippen LogP contribution >= 0.6 is 0 Å². The Morgan fingerprint density at radius 3 is 2.45 bits per heavy atom. The second-order valence-corrected chi connectivity index (χ2v) is 6.77. The molecule has 5 nitrogen and oxygen atoms in total. The second kappa shape index (κ2) is 10.2. The van der Waals surface area contributed by atoms with Crippen LogP contribution in [0.1, 0.15) is 21.5 Å². The summed E-state index contributed by atoms with van der Waals surface area (Å²) < 4.78 is 23.9. The predicted molar refractivity (Wildman–Crippen MR) is 118 cm³/mol. The van der Waals surface area contributed by atoms with E-state index in [2.05, 4.69) is 5.32 Å². The standard InChI is InChI=1S/C25H22FNO4/c1-17-5-3-4-6-21(17)27-25(29)16-31-23-14-8-18(15-24(23)30-2)7-13-22(28)19-9-11-20(26)12-10-19/h3-15H,16H2,1-2H3,(H,27,29)/b13-7+. The number of aryl methyl sites for hydroxylation is 1. The van der Waals surface area contributed by atoms with Crippen molar-refractivity contribution in [3.63, 3.8) is 0 Å². The maximum atomic E-state index is 13.0. The highest BCUT2D eigenvalue weighted by Gasteiger charge is 2.10. The summed E-state index contributed by atoms with van der Waals surface area (Å²) in [4.78, 5) is 24.4. The molecule has 0 aliphatic rings. The van der Waals surface area contributed by atoms with Gasteiger partial charge in [-0.05, 0) is 66.6 Å². The SMILES string of the molecule is COc1cc(/C=C/C(=O)c2ccc(F)cc2)ccc1OCC(=O)Nc1ccccc1C. The van der Waals surface area contributed by atoms with Gasteiger partial charge in [0.1, 0.15) is 5.82 Å². The molecule has 31 heavy (non-hydrogen) atoms. The van der Waals surface area contributed by atoms with E-state index in [1.165, 1.54) is 37.5 Å². The number of methoxy groups -OCH3 is 1. The molecule has 0 aliphatic carbocycles. The van der Waals surface area contributed by atoms with E-state index < -0.39 is 5.82 Å². The average Bonchev–Trinajstić information content (AvgIpc) is 2.78. The minimum absolute atomic E-state index is 0.178. The number of anilines is 1. The number of benzene rings is 3. The number of hydrogen-bond donors (Lipinski definition) is 1. The van der Waals surface area contributed by atoms with Crippen molar-refractivity contribution in [3.05, 3.63) is 95.3 Å². The molecule has 0 radical (unpaired) electrons. The number of ether oxygens (including phenoxy) is 2. The minimum Gasteiger partial charge on any atom is -0.493 e. The van der Waals surface area contributed by atoms with Crippen molar-refractivity contribution in [3.8, 4) is 11.5 Å². The highest BCUT2D eigenvalue weighted by molar-refractivity contribution is 6.06. The zero-order valence-electron chi connectivity index (χ0n) is 17.2. The molecule has 3 rings (SSSR count). The topological polar surface area (TPSA) is 64.6 Å². The number of hydrogen-bond acceptors (Lipinski definition) is 4. The highest BCUT2D eigenvalue weighted by Crippen LogP contribution is 2.28. The van der Waals surface area contributed by atoms with Crippen LogP contribution in [0.15, 0.2) is 72.8 Å². The van der Waals surface area contributed by atoms with Crippen LogP contribution in [0.2, 0.25) is 0 Å². The Balaban J connectivity index is 1.62. The number of amides is 1. The van der Waals surface area contributed by atoms with Crippen molar-refractivity contribution in [2.24, 2.45) is 0 Å². The summed E-state index contributed by atoms with van der Waals surface area (Å²) in [5, 5.41) is 2.80. The molecule has 1 N–H and O–H groups in total. The van der Waals surface area contributed by atoms with Gasteiger partial charge < -0.3 is 14.8 Å². The molecule has 158 valence electrons. The van der Waals surface area contributed by atoms with E-state index in [-0.39, 0.29) is 18.3 Å². The lowest BCUT2D eigenvalue weighted by Gasteiger charge is -2.12. The lowest BCUT2D eigenvalue weighted by atomic mass is 10.1. The Hall–Kier alpha value is -3.93. The maximum Gasteiger partial charge on any atom is 0.262 e. The van der Waals surface area contributed by atoms with Gasteiger partial charge in [0.15, 0.2) is 23.9 Å². The van der Waals surface area contributed by atoms with Crippen LogP contribution in [0.3, 0.4) is 0 Å². The van der Waals surface area contributed by atoms with Crippen LogP contribution in [0.4, 0.5) is 10.1 Å². The number of allylic oxidation sites excluding steroid dienone is 1. The van der Waals surface area contributed by atoms with E-state index in [4.69, 9.17) is 9.47 Å². The lowest BCUT2D eigenvalue weighted by Crippen LogP contribution is -2.20. The summed E-state index contributed by atoms with van der Waals surface area (Å²) >= 11 is 0. The van der Waals surface area contributed by atoms with Crippen molar-refractivity contribution >= 4 is 23.5 Å². The number of rotatable bonds is 8. The second-order valence-electron chi connectivity index (χ2n) is 6.77. The molecule has 0 aromatic heterocycles. The summed E-state index contributed by atoms with van der Waals surface area (Å²) in [5.74, 6) is -0.0876. The Kier molecular flexibility index (Phi) is 7.17. The van der Waals surface area contributed by atoms with Crippen LogP contribution in [-0.4, -0.2) is 25.4 Å². The third kappa shape index (κ3) is 6.02. The maximum absolute atomic E-state index is 13.0. The molecule has 0 saturated heterocycles. The number of halogens is 1. The Morgan fingerprint density at radius 2 is 1.74 bits per heavy atom. The summed E-state index contributed by atoms with van der Waals surface area (Å²) in [5.41, 5.74) is 2.79. The molecule has 3 aromatic rings. The lowest BCUT2D eigenvalue weighted by molar-refractivity contribution is -0.118. The predicted octanol–water partition coefficient (Wildman–Crippen LogP) is 5.06. The van der Waals surface area contributed by atoms with Crippen molar-refractivity contribution in [2.45, 2.75) is 6.92 Å². The molecule has 0 saturated carbocycles. The summed E-state index contributed by atoms with van der Waals surface area (Å²) in [7, 11) is 1.49. The van der Waals surface area contributed by atoms with Crippen molar-refractivity contribution < 1.29 is 23.5 Å². The Labute approximate surface area is 180 Å². The van der Waals surface area contributed by atoms with Crippen LogP contribution in [0, 0.1) is 12.7 Å². The van der Waals surface area contributed by atoms with Crippen LogP contribution in [0.5, 0.6) is 11.5 Å². The molecule has 0 spiro atoms. The zero-order chi connectivity index (χ0) is 22.2. The van der Waals surface area contributed by atoms with E-state index in [1.807, 2.05) is 31.2 Å². The van der Waals surface area contributed by atoms with Gasteiger partial charge in [0.05, 0.1) is 7.11 Å². The summed E-state index contributed by atoms with van der Waals surface area (Å²) in [6.07, 6.45) is 3.03. The van der Waals surface area contributed by atoms with Gasteiger partial charge in [0.25, 0.3) is 5.91 Å². The van der Waals surface area contributed by atoms with Gasteiger partial charge in [-0.1, -0.05) is 30.3 Å². The number of nitrogens with one attached hydrogen (secondary N) is 1. The van der Waals surface area contributed by atoms with Gasteiger partial charge >= 0.3 is 0 Å². The monoisotopic (exact) mass is 419 g/mol. The first-order valence-electron chi connectivity index (χ1n) is 9.60. The van der Waals surface area contributed by atoms with E-state index >= 15 is 0 Å². The fourth-order valence-corrected chi connectivity index (χ4v) is 2.83. The number of para-hydroxylation sites is 1. The molecule has 1 amide bonds. The third-order valence-corrected chi connectivity index (χ3v) is 4.52. The molecular weight excluding hydrogens is 397 g/mol. The molecule has 0 heterocycles. The first kappa shape index (κ1) is 21.8. The van der Waals surface area contributed by atoms with Crippen LogP contribution in [0.25, 0.3) is 6.08 Å². The zero-order valence-corrected chi connectivity index (χ0v) is 17.2. The van der Waals surface area contributed by atoms with Crippen LogP contribution in [-0.2, 0) is 4.79 Å². The smallest absolute Gasteiger partial charge is 0.262 e. The minimum atomic E-state index is -0.395. The number of carbonyl (C=O) groups excluding carboxylic acids is 2. The van der Waals surface area contributed by atoms with Crippen molar-refractivity contribution in [2.75, 3.05) is 19.0 Å². The summed E-state index contributed by atoms with van der Waals surface area (Å²) in [6, 6.07) is 17.9. The van der Waals surface area contributed by atoms with Gasteiger partial charge in [-0.15, -0.1) is 0 Å². The van der Waals surface area contributed by atoms with Gasteiger partial charge in [-0.2, -0.15) is 0 Å². The van der Waals surface area contributed by atoms with E-state index in [0.717, 1.165) is 11.3 Å². The average molecular weight is 419 g/mol. The molecule has 0 aliphatic heterocycles. The number of ketones is 1. The highest BCUT2D eigenvalue weighted by atomic mass is 19.1. The molecule has 0 atom stereocenters. The van der Waals surface area contributed by atoms with Gasteiger partial charge in [0.2, 0.25) is 0 Å². The van der Waals surface area contributed by atoms with Crippen LogP contribution < -0.4 is 14.8 Å². The van der Waals surface area contributed by atoms with E-state index in [1.54, 1.807) is 24.3 Å². The van der Waals surface area contributed by atoms with Crippen molar-refractivity contribution in [1.82, 2.24) is 0 Å². The Morgan fingerprint density at radius 1 is 1.00 bits per heavy atom. The van der Waals surface area contributed by atoms with E-state index in [9.17, 15) is 14.0 Å². The molecule has 6 heteroatoms. The first-order valence-corrected chi connectivity index (χ1v) is 9.60. The number of carbonyl (C=O) groups is 2. The molecule has 0 fully saturated rings. The van der Waals surface area contributed by atoms with Gasteiger partial charge in [-0.3, -0.25) is 9.59 Å². The van der Waals surface area contributed by atoms with Gasteiger partial charge in [-0.25, -0.2) is 4.39 Å². The Bertz CT molecular complexity index is 1110. The fourth-order valence-electron chi connectivity index (χ4n) is 2.83. The van der Waals surface area contributed by atoms with E-state index in [0.29, 0.717) is 22.6 Å². The molecule has 0 bridgehead atoms. The normalized spacial score (nSPS) is 10.7. The third-order valence-electron chi connectivity index (χ3n) is 4.52. The molecule has 3 aromatic carbocycles. The van der Waals surface area contributed by atoms with Crippen molar-refractivity contribution in [1.29, 1.82) is 0 Å². The molecular formula is C25H22FNO4. The fraction of sp³-hybridized carbons (Fsp3) is 0.120. The van der Waals surface area contributed by atoms with Gasteiger partial charge in [0, 0.05) is 11.3 Å². The summed E-state index contributed by atoms with van der Waals surface area (Å²) in [6.45, 7) is 1.73. The largest absolute Gasteiger partial charge is 0.493 e.